The molecule has 0 heterocycles. The van der Waals surface area contributed by atoms with Crippen LogP contribution < -0.4 is 24.8 Å². The fourth-order valence-electron chi connectivity index (χ4n) is 3.35. The number of aryl methyl sites for hydroxylation is 2. The normalized spacial score (nSPS) is 10.0. The van der Waals surface area contributed by atoms with E-state index in [4.69, 9.17) is 0 Å². The van der Waals surface area contributed by atoms with Crippen LogP contribution in [0.5, 0.6) is 0 Å². The van der Waals surface area contributed by atoms with E-state index in [0.717, 1.165) is 0 Å². The average molecular weight is 672 g/mol. The number of hydrogen-bond donors (Lipinski definition) is 0. The van der Waals surface area contributed by atoms with Gasteiger partial charge in [0.2, 0.25) is 0 Å². The monoisotopic (exact) mass is 672 g/mol. The van der Waals surface area contributed by atoms with E-state index in [1.165, 1.54) is 41.6 Å². The molecule has 0 spiro atoms. The van der Waals surface area contributed by atoms with Crippen molar-refractivity contribution in [1.82, 2.24) is 0 Å². The standard InChI is InChI=1S/C12H11.C9H15Si.4CH3.2ClH.Hf.2Si/c1-3-9-7-11-5-2-6-12(11)8-10(9)4-1;1-10(2,3)8-9-6-4-5-7-9;;;;;;;;;/h1,3-4,7-8H,2,5-6H2;4-7H,8H2,1-3H3;4*1H3;2*1H;;;/q6*-1;;;;;/p-2. The quantitative estimate of drug-likeness (QED) is 0.281. The summed E-state index contributed by atoms with van der Waals surface area (Å²) in [7, 11) is -0.862. The molecule has 0 amide bonds. The first-order valence-electron chi connectivity index (χ1n) is 8.89. The van der Waals surface area contributed by atoms with Gasteiger partial charge in [-0.2, -0.15) is 30.3 Å². The van der Waals surface area contributed by atoms with Gasteiger partial charge in [-0.25, -0.2) is 11.6 Å². The largest absolute Gasteiger partial charge is 0.168 e. The summed E-state index contributed by atoms with van der Waals surface area (Å²) in [6, 6.07) is 21.3. The Kier molecular flexibility index (Phi) is 27.9. The summed E-state index contributed by atoms with van der Waals surface area (Å²) in [5.41, 5.74) is 4.67. The summed E-state index contributed by atoms with van der Waals surface area (Å²) in [5, 5.41) is 2.83. The van der Waals surface area contributed by atoms with Gasteiger partial charge in [-0.15, -0.1) is 29.0 Å². The van der Waals surface area contributed by atoms with Crippen LogP contribution in [0.1, 0.15) is 23.1 Å². The molecule has 176 valence electrons. The number of halogens is 2. The molecule has 0 aromatic heterocycles. The third kappa shape index (κ3) is 14.9. The molecule has 0 atom stereocenters. The van der Waals surface area contributed by atoms with E-state index in [1.807, 2.05) is 0 Å². The summed E-state index contributed by atoms with van der Waals surface area (Å²) < 4.78 is 0. The van der Waals surface area contributed by atoms with Crippen LogP contribution >= 0.6 is 0 Å². The van der Waals surface area contributed by atoms with Crippen molar-refractivity contribution in [2.45, 2.75) is 44.9 Å². The molecule has 0 N–H and O–H groups in total. The average Bonchev–Trinajstić information content (AvgIpc) is 3.25. The van der Waals surface area contributed by atoms with Crippen molar-refractivity contribution < 1.29 is 45.0 Å². The minimum atomic E-state index is -0.862. The van der Waals surface area contributed by atoms with Crippen LogP contribution in [-0.4, -0.2) is 22.0 Å². The molecule has 4 rings (SSSR count). The zero-order valence-corrected chi connectivity index (χ0v) is 28.4. The molecule has 0 saturated heterocycles. The predicted octanol–water partition coefficient (Wildman–Crippen LogP) is 0.918. The molecule has 3 aromatic rings. The van der Waals surface area contributed by atoms with Crippen LogP contribution in [0.4, 0.5) is 0 Å². The topological polar surface area (TPSA) is 0 Å². The van der Waals surface area contributed by atoms with E-state index in [0.29, 0.717) is 0 Å². The van der Waals surface area contributed by atoms with Crippen LogP contribution in [-0.2, 0) is 39.0 Å². The Labute approximate surface area is 222 Å². The van der Waals surface area contributed by atoms with Crippen LogP contribution in [0.25, 0.3) is 10.8 Å². The molecule has 0 fully saturated rings. The second kappa shape index (κ2) is 20.9. The summed E-state index contributed by atoms with van der Waals surface area (Å²) in [6.45, 7) is 13.8. The van der Waals surface area contributed by atoms with Crippen molar-refractivity contribution in [2.75, 3.05) is 0 Å². The van der Waals surface area contributed by atoms with E-state index >= 15 is 0 Å². The van der Waals surface area contributed by atoms with Gasteiger partial charge in [-0.3, -0.25) is 0 Å². The maximum atomic E-state index is 3.29. The van der Waals surface area contributed by atoms with Gasteiger partial charge in [0.25, 0.3) is 0 Å². The molecule has 1 aliphatic rings. The Hall–Kier alpha value is 0.281. The van der Waals surface area contributed by atoms with Gasteiger partial charge in [-0.1, -0.05) is 36.8 Å². The zero-order chi connectivity index (χ0) is 18.3. The molecule has 6 heteroatoms. The molecular weight excluding hydrogens is 634 g/mol. The van der Waals surface area contributed by atoms with Crippen LogP contribution in [0.2, 0.25) is 19.6 Å². The molecule has 0 saturated carbocycles. The van der Waals surface area contributed by atoms with Gasteiger partial charge in [0, 0.05) is 8.07 Å². The minimum Gasteiger partial charge on any atom is -0.168 e. The fourth-order valence-corrected chi connectivity index (χ4v) is 4.81. The van der Waals surface area contributed by atoms with E-state index < -0.39 is 8.07 Å². The summed E-state index contributed by atoms with van der Waals surface area (Å²) in [4.78, 5) is 0. The Morgan fingerprint density at radius 2 is 1.45 bits per heavy atom. The Morgan fingerprint density at radius 1 is 0.903 bits per heavy atom. The van der Waals surface area contributed by atoms with E-state index in [1.54, 1.807) is 11.1 Å². The first kappa shape index (κ1) is 41.5. The van der Waals surface area contributed by atoms with Crippen LogP contribution in [0, 0.1) is 29.7 Å². The van der Waals surface area contributed by atoms with E-state index in [2.05, 4.69) is 88.1 Å². The number of rotatable bonds is 2. The molecular formula is C25H38Cl2HfSi3-8. The number of hydrogen-bond acceptors (Lipinski definition) is 0. The predicted molar refractivity (Wildman–Crippen MR) is 138 cm³/mol. The Morgan fingerprint density at radius 3 is 1.94 bits per heavy atom. The van der Waals surface area contributed by atoms with Crippen molar-refractivity contribution in [3.8, 4) is 0 Å². The first-order valence-corrected chi connectivity index (χ1v) is 24.4. The number of fused-ring (bicyclic) bond motifs is 2. The molecule has 31 heavy (non-hydrogen) atoms. The van der Waals surface area contributed by atoms with E-state index in [9.17, 15) is 0 Å². The second-order valence-corrected chi connectivity index (χ2v) is 22.3. The third-order valence-electron chi connectivity index (χ3n) is 4.32. The Balaban J connectivity index is -0.000000111. The van der Waals surface area contributed by atoms with Crippen LogP contribution in [0.3, 0.4) is 0 Å². The maximum absolute atomic E-state index is 3.29. The third-order valence-corrected chi connectivity index (χ3v) is 5.78. The van der Waals surface area contributed by atoms with Crippen molar-refractivity contribution in [3.05, 3.63) is 101 Å². The van der Waals surface area contributed by atoms with Crippen molar-refractivity contribution in [3.63, 3.8) is 0 Å². The summed E-state index contributed by atoms with van der Waals surface area (Å²) >= 11 is -0.306. The molecule has 0 unspecified atom stereocenters. The SMILES string of the molecule is C[Si](C)(C)Cc1cc[cH-]c1.[CH3-].[CH3-].[CH3-].[CH3-].[Cl-].[Cl-].[Si]=[Hf]=[Si].c1cc2cc3c(cc2[cH-]1)CCC3. The van der Waals surface area contributed by atoms with Gasteiger partial charge < -0.3 is 54.5 Å². The number of benzene rings is 1. The van der Waals surface area contributed by atoms with Gasteiger partial charge in [-0.05, 0) is 19.3 Å². The fraction of sp³-hybridized carbons (Fsp3) is 0.280. The van der Waals surface area contributed by atoms with Gasteiger partial charge in [0.05, 0.1) is 0 Å². The van der Waals surface area contributed by atoms with Gasteiger partial charge in [0.1, 0.15) is 0 Å². The zero-order valence-electron chi connectivity index (χ0n) is 20.3. The van der Waals surface area contributed by atoms with Crippen molar-refractivity contribution in [2.24, 2.45) is 0 Å². The van der Waals surface area contributed by atoms with Gasteiger partial charge >= 0.3 is 34.0 Å². The molecule has 3 aromatic carbocycles. The summed E-state index contributed by atoms with van der Waals surface area (Å²) in [6.07, 6.45) is 3.93. The smallest absolute Gasteiger partial charge is 0.0289 e. The van der Waals surface area contributed by atoms with Crippen molar-refractivity contribution >= 4 is 32.7 Å². The van der Waals surface area contributed by atoms with Crippen molar-refractivity contribution in [1.29, 1.82) is 0 Å². The molecule has 0 bridgehead atoms. The summed E-state index contributed by atoms with van der Waals surface area (Å²) in [5.74, 6) is 0. The molecule has 1 aliphatic carbocycles. The second-order valence-electron chi connectivity index (χ2n) is 7.78. The molecule has 0 aliphatic heterocycles. The first-order chi connectivity index (χ1) is 11.9. The maximum Gasteiger partial charge on any atom is -0.0289 e. The molecule has 4 radical (unpaired) electrons. The Bertz CT molecular complexity index is 790. The van der Waals surface area contributed by atoms with E-state index in [-0.39, 0.29) is 74.7 Å². The minimum absolute atomic E-state index is 0. The molecule has 0 nitrogen and oxygen atoms in total. The van der Waals surface area contributed by atoms with Crippen LogP contribution in [0.15, 0.2) is 54.6 Å². The van der Waals surface area contributed by atoms with Gasteiger partial charge in [0.15, 0.2) is 0 Å².